The van der Waals surface area contributed by atoms with Gasteiger partial charge in [0.2, 0.25) is 0 Å². The molecule has 1 rings (SSSR count). The molecule has 0 heterocycles. The highest BCUT2D eigenvalue weighted by molar-refractivity contribution is 6.14. The topological polar surface area (TPSA) is 124 Å². The molecule has 0 bridgehead atoms. The van der Waals surface area contributed by atoms with Gasteiger partial charge in [0.05, 0.1) is 12.0 Å². The number of Topliss-reactive ketones (excluding diaryl/α,β-unsaturated/α-hetero) is 1. The Bertz CT molecular complexity index is 437. The van der Waals surface area contributed by atoms with Crippen molar-refractivity contribution in [2.45, 2.75) is 31.7 Å². The number of carboxylic acids is 2. The number of aliphatic carboxylic acids is 2. The minimum atomic E-state index is -1.46. The van der Waals surface area contributed by atoms with Gasteiger partial charge in [-0.05, 0) is 6.42 Å². The summed E-state index contributed by atoms with van der Waals surface area (Å²) in [5.41, 5.74) is -0.0297. The molecule has 0 amide bonds. The van der Waals surface area contributed by atoms with Crippen LogP contribution in [0.25, 0.3) is 0 Å². The van der Waals surface area contributed by atoms with Gasteiger partial charge in [-0.3, -0.25) is 14.6 Å². The van der Waals surface area contributed by atoms with Crippen LogP contribution >= 0.6 is 0 Å². The summed E-state index contributed by atoms with van der Waals surface area (Å²) in [4.78, 5) is 36.1. The van der Waals surface area contributed by atoms with Crippen LogP contribution in [0.4, 0.5) is 0 Å². The fourth-order valence-electron chi connectivity index (χ4n) is 1.53. The van der Waals surface area contributed by atoms with Gasteiger partial charge in [0.25, 0.3) is 0 Å². The molecule has 18 heavy (non-hydrogen) atoms. The van der Waals surface area contributed by atoms with E-state index < -0.39 is 24.4 Å². The maximum absolute atomic E-state index is 11.4. The summed E-state index contributed by atoms with van der Waals surface area (Å²) in [6.07, 6.45) is 1.43. The lowest BCUT2D eigenvalue weighted by atomic mass is 9.97. The quantitative estimate of drug-likeness (QED) is 0.616. The van der Waals surface area contributed by atoms with Gasteiger partial charge in [0.15, 0.2) is 11.8 Å². The number of rotatable bonds is 5. The molecule has 7 nitrogen and oxygen atoms in total. The molecular weight excluding hydrogens is 242 g/mol. The molecule has 1 unspecified atom stereocenters. The predicted molar refractivity (Wildman–Crippen MR) is 60.7 cm³/mol. The third kappa shape index (κ3) is 3.69. The number of carboxylic acid groups (broad SMARTS) is 2. The number of carbonyl (C=O) groups excluding carboxylic acids is 1. The maximum Gasteiger partial charge on any atom is 0.329 e. The van der Waals surface area contributed by atoms with E-state index in [1.165, 1.54) is 0 Å². The molecule has 98 valence electrons. The van der Waals surface area contributed by atoms with E-state index in [0.717, 1.165) is 6.21 Å². The van der Waals surface area contributed by atoms with Gasteiger partial charge in [-0.25, -0.2) is 4.79 Å². The van der Waals surface area contributed by atoms with Crippen LogP contribution in [0.3, 0.4) is 0 Å². The van der Waals surface area contributed by atoms with Crippen LogP contribution in [0.5, 0.6) is 0 Å². The van der Waals surface area contributed by atoms with E-state index in [1.807, 2.05) is 0 Å². The summed E-state index contributed by atoms with van der Waals surface area (Å²) in [5.74, 6) is -3.14. The summed E-state index contributed by atoms with van der Waals surface area (Å²) < 4.78 is 0. The van der Waals surface area contributed by atoms with Crippen LogP contribution in [-0.4, -0.2) is 45.3 Å². The number of allylic oxidation sites excluding steroid dienone is 2. The molecule has 7 heteroatoms. The van der Waals surface area contributed by atoms with Crippen molar-refractivity contribution in [3.8, 4) is 0 Å². The monoisotopic (exact) mass is 255 g/mol. The molecule has 0 saturated heterocycles. The Balaban J connectivity index is 2.85. The Morgan fingerprint density at radius 2 is 2.00 bits per heavy atom. The summed E-state index contributed by atoms with van der Waals surface area (Å²) in [5, 5.41) is 26.7. The van der Waals surface area contributed by atoms with Crippen LogP contribution < -0.4 is 0 Å². The molecular formula is C11H13NO6. The molecule has 0 aliphatic heterocycles. The Hall–Kier alpha value is -2.18. The zero-order valence-corrected chi connectivity index (χ0v) is 9.50. The first kappa shape index (κ1) is 13.9. The molecule has 0 spiro atoms. The van der Waals surface area contributed by atoms with Crippen molar-refractivity contribution in [2.24, 2.45) is 4.99 Å². The van der Waals surface area contributed by atoms with E-state index in [0.29, 0.717) is 12.8 Å². The maximum atomic E-state index is 11.4. The molecule has 0 saturated carbocycles. The van der Waals surface area contributed by atoms with E-state index in [1.54, 1.807) is 0 Å². The molecule has 0 aromatic rings. The largest absolute Gasteiger partial charge is 0.512 e. The number of hydrogen-bond donors (Lipinski definition) is 3. The van der Waals surface area contributed by atoms with Crippen molar-refractivity contribution in [3.05, 3.63) is 11.3 Å². The van der Waals surface area contributed by atoms with E-state index in [4.69, 9.17) is 10.2 Å². The first-order valence-corrected chi connectivity index (χ1v) is 5.35. The van der Waals surface area contributed by atoms with Crippen LogP contribution in [0.15, 0.2) is 16.3 Å². The number of aliphatic hydroxyl groups excluding tert-OH is 1. The van der Waals surface area contributed by atoms with Crippen molar-refractivity contribution >= 4 is 23.9 Å². The zero-order chi connectivity index (χ0) is 13.7. The van der Waals surface area contributed by atoms with Gasteiger partial charge in [0.1, 0.15) is 5.76 Å². The Morgan fingerprint density at radius 1 is 1.33 bits per heavy atom. The predicted octanol–water partition coefficient (Wildman–Crippen LogP) is 0.550. The Labute approximate surface area is 102 Å². The average Bonchev–Trinajstić information content (AvgIpc) is 2.26. The second kappa shape index (κ2) is 5.95. The normalized spacial score (nSPS) is 18.1. The minimum Gasteiger partial charge on any atom is -0.512 e. The van der Waals surface area contributed by atoms with Gasteiger partial charge in [-0.1, -0.05) is 0 Å². The van der Waals surface area contributed by atoms with Crippen molar-refractivity contribution < 1.29 is 29.7 Å². The van der Waals surface area contributed by atoms with Crippen molar-refractivity contribution in [1.82, 2.24) is 0 Å². The average molecular weight is 255 g/mol. The Morgan fingerprint density at radius 3 is 2.50 bits per heavy atom. The van der Waals surface area contributed by atoms with Gasteiger partial charge in [-0.15, -0.1) is 0 Å². The highest BCUT2D eigenvalue weighted by Gasteiger charge is 2.22. The van der Waals surface area contributed by atoms with Crippen LogP contribution in [0.1, 0.15) is 25.7 Å². The number of hydrogen-bond acceptors (Lipinski definition) is 5. The minimum absolute atomic E-state index is 0.0297. The van der Waals surface area contributed by atoms with Gasteiger partial charge in [0, 0.05) is 19.1 Å². The molecule has 1 aliphatic rings. The number of ketones is 1. The molecule has 3 N–H and O–H groups in total. The fourth-order valence-corrected chi connectivity index (χ4v) is 1.53. The van der Waals surface area contributed by atoms with Gasteiger partial charge in [-0.2, -0.15) is 0 Å². The van der Waals surface area contributed by atoms with Crippen molar-refractivity contribution in [1.29, 1.82) is 0 Å². The molecule has 1 aliphatic carbocycles. The van der Waals surface area contributed by atoms with Crippen molar-refractivity contribution in [3.63, 3.8) is 0 Å². The highest BCUT2D eigenvalue weighted by Crippen LogP contribution is 2.18. The first-order chi connectivity index (χ1) is 8.41. The molecule has 0 fully saturated rings. The standard InChI is InChI=1S/C11H13NO6/c13-8-2-1-3-9(14)6(8)5-12-7(11(17)18)4-10(15)16/h5,7,13H,1-4H2,(H,15,16)(H,17,18). The lowest BCUT2D eigenvalue weighted by Gasteiger charge is -2.12. The number of carbonyl (C=O) groups is 3. The fraction of sp³-hybridized carbons (Fsp3) is 0.455. The Kier molecular flexibility index (Phi) is 4.59. The summed E-state index contributed by atoms with van der Waals surface area (Å²) in [6, 6.07) is -1.46. The third-order valence-corrected chi connectivity index (χ3v) is 2.47. The molecule has 1 atom stereocenters. The third-order valence-electron chi connectivity index (χ3n) is 2.47. The molecule has 0 radical (unpaired) electrons. The van der Waals surface area contributed by atoms with Gasteiger partial charge < -0.3 is 15.3 Å². The first-order valence-electron chi connectivity index (χ1n) is 5.35. The van der Waals surface area contributed by atoms with Crippen molar-refractivity contribution in [2.75, 3.05) is 0 Å². The highest BCUT2D eigenvalue weighted by atomic mass is 16.4. The van der Waals surface area contributed by atoms with E-state index in [9.17, 15) is 19.5 Å². The SMILES string of the molecule is O=C(O)CC(N=CC1=C(O)CCCC1=O)C(=O)O. The van der Waals surface area contributed by atoms with E-state index in [2.05, 4.69) is 4.99 Å². The lowest BCUT2D eigenvalue weighted by molar-refractivity contribution is -0.144. The lowest BCUT2D eigenvalue weighted by Crippen LogP contribution is -2.22. The van der Waals surface area contributed by atoms with Crippen LogP contribution in [-0.2, 0) is 14.4 Å². The molecule has 0 aromatic carbocycles. The second-order valence-corrected chi connectivity index (χ2v) is 3.87. The smallest absolute Gasteiger partial charge is 0.329 e. The number of nitrogens with zero attached hydrogens (tertiary/aromatic N) is 1. The zero-order valence-electron chi connectivity index (χ0n) is 9.50. The summed E-state index contributed by atoms with van der Waals surface area (Å²) >= 11 is 0. The van der Waals surface area contributed by atoms with Crippen LogP contribution in [0, 0.1) is 0 Å². The molecule has 0 aromatic heterocycles. The van der Waals surface area contributed by atoms with E-state index in [-0.39, 0.29) is 23.5 Å². The second-order valence-electron chi connectivity index (χ2n) is 3.87. The van der Waals surface area contributed by atoms with Crippen LogP contribution in [0.2, 0.25) is 0 Å². The number of aliphatic imine (C=N–C) groups is 1. The number of aliphatic hydroxyl groups is 1. The summed E-state index contributed by atoms with van der Waals surface area (Å²) in [6.45, 7) is 0. The van der Waals surface area contributed by atoms with Gasteiger partial charge >= 0.3 is 11.9 Å². The van der Waals surface area contributed by atoms with E-state index >= 15 is 0 Å². The summed E-state index contributed by atoms with van der Waals surface area (Å²) in [7, 11) is 0.